The minimum Gasteiger partial charge on any atom is -0.455 e. The first kappa shape index (κ1) is 24.4. The van der Waals surface area contributed by atoms with Gasteiger partial charge in [-0.2, -0.15) is 8.42 Å². The molecule has 6 rings (SSSR count). The number of benzene rings is 4. The highest BCUT2D eigenvalue weighted by molar-refractivity contribution is 7.95. The molecule has 0 radical (unpaired) electrons. The molecular weight excluding hydrogens is 528 g/mol. The van der Waals surface area contributed by atoms with Crippen LogP contribution in [0.2, 0.25) is 0 Å². The van der Waals surface area contributed by atoms with Crippen molar-refractivity contribution in [2.75, 3.05) is 0 Å². The highest BCUT2D eigenvalue weighted by Crippen LogP contribution is 2.41. The van der Waals surface area contributed by atoms with Gasteiger partial charge in [-0.1, -0.05) is 77.8 Å². The summed E-state index contributed by atoms with van der Waals surface area (Å²) >= 11 is 0.847. The maximum Gasteiger partial charge on any atom is 0.299 e. The van der Waals surface area contributed by atoms with E-state index in [-0.39, 0.29) is 10.7 Å². The van der Waals surface area contributed by atoms with E-state index < -0.39 is 10.1 Å². The number of furan rings is 2. The van der Waals surface area contributed by atoms with Crippen molar-refractivity contribution in [1.29, 1.82) is 0 Å². The first-order chi connectivity index (χ1) is 18.4. The van der Waals surface area contributed by atoms with E-state index in [2.05, 4.69) is 9.37 Å². The van der Waals surface area contributed by atoms with Gasteiger partial charge in [0.25, 0.3) is 10.1 Å². The zero-order valence-corrected chi connectivity index (χ0v) is 21.0. The summed E-state index contributed by atoms with van der Waals surface area (Å²) < 4.78 is 50.7. The number of fused-ring (bicyclic) bond motifs is 2. The van der Waals surface area contributed by atoms with Crippen molar-refractivity contribution < 1.29 is 36.4 Å². The molecule has 2 heterocycles. The standard InChI is InChI=1S/C28H18O8S2/c29-35-36-37-27-21-5-1-3-7-23(21)33-25(27)19-13-9-17(10-14-19)18-11-15-20(16-12-18)26-28(38(30,31)32)22-6-2-4-8-24(22)34-26/h1-16,29H,(H,30,31,32). The van der Waals surface area contributed by atoms with Crippen LogP contribution in [-0.4, -0.2) is 18.2 Å². The van der Waals surface area contributed by atoms with Crippen LogP contribution < -0.4 is 0 Å². The van der Waals surface area contributed by atoms with E-state index in [1.165, 1.54) is 0 Å². The van der Waals surface area contributed by atoms with Gasteiger partial charge in [0.1, 0.15) is 16.1 Å². The Bertz CT molecular complexity index is 1870. The fourth-order valence-electron chi connectivity index (χ4n) is 4.44. The Labute approximate surface area is 220 Å². The summed E-state index contributed by atoms with van der Waals surface area (Å²) in [7, 11) is -4.51. The third-order valence-corrected chi connectivity index (χ3v) is 7.76. The van der Waals surface area contributed by atoms with Gasteiger partial charge < -0.3 is 8.83 Å². The Balaban J connectivity index is 1.34. The van der Waals surface area contributed by atoms with Crippen molar-refractivity contribution in [2.24, 2.45) is 0 Å². The Kier molecular flexibility index (Phi) is 6.28. The first-order valence-electron chi connectivity index (χ1n) is 11.3. The maximum atomic E-state index is 12.1. The van der Waals surface area contributed by atoms with Crippen molar-refractivity contribution in [1.82, 2.24) is 0 Å². The quantitative estimate of drug-likeness (QED) is 0.0892. The van der Waals surface area contributed by atoms with Crippen LogP contribution in [0, 0.1) is 0 Å². The molecule has 10 heteroatoms. The van der Waals surface area contributed by atoms with Crippen LogP contribution in [0.5, 0.6) is 0 Å². The third-order valence-electron chi connectivity index (χ3n) is 6.13. The molecule has 4 aromatic carbocycles. The highest BCUT2D eigenvalue weighted by Gasteiger charge is 2.25. The molecule has 2 N–H and O–H groups in total. The second kappa shape index (κ2) is 9.76. The number of hydrogen-bond acceptors (Lipinski definition) is 8. The normalized spacial score (nSPS) is 11.9. The SMILES string of the molecule is O=S(=O)(O)c1c(-c2ccc(-c3ccc(-c4oc5ccccc5c4SOOO)cc3)cc2)oc2ccccc12. The lowest BCUT2D eigenvalue weighted by Gasteiger charge is -2.06. The number of rotatable bonds is 7. The van der Waals surface area contributed by atoms with Crippen molar-refractivity contribution >= 4 is 44.1 Å². The molecule has 0 atom stereocenters. The van der Waals surface area contributed by atoms with Crippen LogP contribution in [-0.2, 0) is 19.5 Å². The predicted octanol–water partition coefficient (Wildman–Crippen LogP) is 7.86. The van der Waals surface area contributed by atoms with Crippen molar-refractivity contribution in [3.8, 4) is 33.8 Å². The Morgan fingerprint density at radius 3 is 1.68 bits per heavy atom. The van der Waals surface area contributed by atoms with E-state index in [1.54, 1.807) is 36.4 Å². The van der Waals surface area contributed by atoms with Gasteiger partial charge in [0.2, 0.25) is 0 Å². The maximum absolute atomic E-state index is 12.1. The number of para-hydroxylation sites is 2. The zero-order valence-electron chi connectivity index (χ0n) is 19.4. The van der Waals surface area contributed by atoms with Gasteiger partial charge >= 0.3 is 0 Å². The molecule has 8 nitrogen and oxygen atoms in total. The molecule has 2 aromatic heterocycles. The van der Waals surface area contributed by atoms with Crippen LogP contribution >= 0.6 is 12.0 Å². The average Bonchev–Trinajstić information content (AvgIpc) is 3.51. The average molecular weight is 547 g/mol. The lowest BCUT2D eigenvalue weighted by molar-refractivity contribution is -0.432. The van der Waals surface area contributed by atoms with Crippen LogP contribution in [0.1, 0.15) is 0 Å². The summed E-state index contributed by atoms with van der Waals surface area (Å²) in [5.74, 6) is 0.650. The van der Waals surface area contributed by atoms with Crippen molar-refractivity contribution in [3.05, 3.63) is 97.1 Å². The lowest BCUT2D eigenvalue weighted by atomic mass is 10.0. The van der Waals surface area contributed by atoms with E-state index in [9.17, 15) is 13.0 Å². The van der Waals surface area contributed by atoms with E-state index in [0.717, 1.165) is 34.1 Å². The predicted molar refractivity (Wildman–Crippen MR) is 143 cm³/mol. The second-order valence-electron chi connectivity index (χ2n) is 8.37. The van der Waals surface area contributed by atoms with Gasteiger partial charge in [-0.25, -0.2) is 5.26 Å². The molecule has 0 fully saturated rings. The summed E-state index contributed by atoms with van der Waals surface area (Å²) in [6.45, 7) is 0. The summed E-state index contributed by atoms with van der Waals surface area (Å²) in [6, 6.07) is 29.0. The van der Waals surface area contributed by atoms with Crippen LogP contribution in [0.3, 0.4) is 0 Å². The highest BCUT2D eigenvalue weighted by atomic mass is 32.2. The molecule has 0 aliphatic rings. The van der Waals surface area contributed by atoms with Gasteiger partial charge in [-0.05, 0) is 35.4 Å². The molecule has 190 valence electrons. The van der Waals surface area contributed by atoms with Gasteiger partial charge in [-0.3, -0.25) is 4.55 Å². The lowest BCUT2D eigenvalue weighted by Crippen LogP contribution is -1.98. The molecule has 0 unspecified atom stereocenters. The molecule has 0 saturated heterocycles. The van der Waals surface area contributed by atoms with Gasteiger partial charge in [0.05, 0.1) is 16.9 Å². The zero-order chi connectivity index (χ0) is 26.3. The van der Waals surface area contributed by atoms with Gasteiger partial charge in [0.15, 0.2) is 11.5 Å². The van der Waals surface area contributed by atoms with E-state index in [1.807, 2.05) is 60.7 Å². The summed E-state index contributed by atoms with van der Waals surface area (Å²) in [5, 5.41) is 13.5. The van der Waals surface area contributed by atoms with Gasteiger partial charge in [0, 0.05) is 21.9 Å². The molecule has 0 aliphatic heterocycles. The van der Waals surface area contributed by atoms with E-state index in [4.69, 9.17) is 14.1 Å². The summed E-state index contributed by atoms with van der Waals surface area (Å²) in [4.78, 5) is 0.410. The largest absolute Gasteiger partial charge is 0.455 e. The summed E-state index contributed by atoms with van der Waals surface area (Å²) in [6.07, 6.45) is 0. The molecule has 0 bridgehead atoms. The van der Waals surface area contributed by atoms with E-state index >= 15 is 0 Å². The fraction of sp³-hybridized carbons (Fsp3) is 0. The molecule has 0 spiro atoms. The third kappa shape index (κ3) is 4.39. The minimum atomic E-state index is -4.51. The molecule has 0 saturated carbocycles. The smallest absolute Gasteiger partial charge is 0.299 e. The van der Waals surface area contributed by atoms with E-state index in [0.29, 0.717) is 32.8 Å². The fourth-order valence-corrected chi connectivity index (χ4v) is 5.87. The molecule has 38 heavy (non-hydrogen) atoms. The Hall–Kier alpha value is -3.90. The Morgan fingerprint density at radius 2 is 1.11 bits per heavy atom. The van der Waals surface area contributed by atoms with Crippen molar-refractivity contribution in [2.45, 2.75) is 9.79 Å². The molecule has 0 aliphatic carbocycles. The summed E-state index contributed by atoms with van der Waals surface area (Å²) in [5.41, 5.74) is 4.16. The van der Waals surface area contributed by atoms with Crippen LogP contribution in [0.25, 0.3) is 55.7 Å². The van der Waals surface area contributed by atoms with Crippen LogP contribution in [0.15, 0.2) is 116 Å². The topological polar surface area (TPSA) is 119 Å². The monoisotopic (exact) mass is 546 g/mol. The van der Waals surface area contributed by atoms with Gasteiger partial charge in [-0.15, -0.1) is 4.33 Å². The second-order valence-corrected chi connectivity index (χ2v) is 10.4. The van der Waals surface area contributed by atoms with Crippen molar-refractivity contribution in [3.63, 3.8) is 0 Å². The molecular formula is C28H18O8S2. The molecule has 6 aromatic rings. The molecule has 0 amide bonds. The first-order valence-corrected chi connectivity index (χ1v) is 13.5. The van der Waals surface area contributed by atoms with Crippen LogP contribution in [0.4, 0.5) is 0 Å². The minimum absolute atomic E-state index is 0.0830. The number of hydrogen-bond donors (Lipinski definition) is 2. The Morgan fingerprint density at radius 1 is 0.632 bits per heavy atom.